The van der Waals surface area contributed by atoms with E-state index < -0.39 is 6.04 Å². The summed E-state index contributed by atoms with van der Waals surface area (Å²) in [4.78, 5) is 24.4. The molecule has 23 heavy (non-hydrogen) atoms. The fraction of sp³-hybridized carbons (Fsp3) is 0.556. The predicted octanol–water partition coefficient (Wildman–Crippen LogP) is 2.12. The molecule has 1 aromatic carbocycles. The minimum absolute atomic E-state index is 0.0158. The molecule has 1 aromatic rings. The Balaban J connectivity index is 1.82. The number of carbonyl (C=O) groups excluding carboxylic acids is 2. The molecule has 0 radical (unpaired) electrons. The minimum atomic E-state index is -0.539. The van der Waals surface area contributed by atoms with Crippen LogP contribution in [0, 0.1) is 11.8 Å². The molecule has 2 N–H and O–H groups in total. The number of nitrogens with one attached hydrogen (secondary N) is 2. The summed E-state index contributed by atoms with van der Waals surface area (Å²) in [5.74, 6) is 0.829. The lowest BCUT2D eigenvalue weighted by Crippen LogP contribution is -2.52. The highest BCUT2D eigenvalue weighted by Crippen LogP contribution is 2.32. The van der Waals surface area contributed by atoms with Crippen LogP contribution in [0.2, 0.25) is 0 Å². The van der Waals surface area contributed by atoms with Gasteiger partial charge in [0.2, 0.25) is 5.91 Å². The Morgan fingerprint density at radius 3 is 2.35 bits per heavy atom. The number of hydrogen-bond donors (Lipinski definition) is 2. The highest BCUT2D eigenvalue weighted by Gasteiger charge is 2.32. The van der Waals surface area contributed by atoms with Gasteiger partial charge in [-0.2, -0.15) is 0 Å². The zero-order valence-corrected chi connectivity index (χ0v) is 14.0. The number of amides is 2. The second-order valence-corrected chi connectivity index (χ2v) is 6.53. The first-order valence-corrected chi connectivity index (χ1v) is 8.25. The van der Waals surface area contributed by atoms with Crippen LogP contribution in [0.1, 0.15) is 33.6 Å². The number of para-hydroxylation sites is 1. The molecule has 0 bridgehead atoms. The first-order valence-electron chi connectivity index (χ1n) is 8.25. The fourth-order valence-corrected chi connectivity index (χ4v) is 2.44. The van der Waals surface area contributed by atoms with Crippen LogP contribution in [0.4, 0.5) is 0 Å². The monoisotopic (exact) mass is 318 g/mol. The predicted molar refractivity (Wildman–Crippen MR) is 89.0 cm³/mol. The lowest BCUT2D eigenvalue weighted by molar-refractivity contribution is -0.131. The Kier molecular flexibility index (Phi) is 6.02. The second-order valence-electron chi connectivity index (χ2n) is 6.53. The maximum Gasteiger partial charge on any atom is 0.258 e. The molecule has 5 nitrogen and oxygen atoms in total. The molecule has 0 saturated heterocycles. The fourth-order valence-electron chi connectivity index (χ4n) is 2.44. The van der Waals surface area contributed by atoms with Crippen molar-refractivity contribution in [1.29, 1.82) is 0 Å². The molecule has 2 atom stereocenters. The summed E-state index contributed by atoms with van der Waals surface area (Å²) in [5.41, 5.74) is 0. The van der Waals surface area contributed by atoms with Crippen molar-refractivity contribution >= 4 is 11.8 Å². The maximum absolute atomic E-state index is 12.4. The van der Waals surface area contributed by atoms with Gasteiger partial charge in [-0.1, -0.05) is 32.0 Å². The van der Waals surface area contributed by atoms with E-state index in [1.54, 1.807) is 12.1 Å². The first kappa shape index (κ1) is 17.3. The number of benzene rings is 1. The van der Waals surface area contributed by atoms with Crippen molar-refractivity contribution in [3.8, 4) is 5.75 Å². The van der Waals surface area contributed by atoms with Gasteiger partial charge >= 0.3 is 0 Å². The average Bonchev–Trinajstić information content (AvgIpc) is 3.36. The van der Waals surface area contributed by atoms with Crippen LogP contribution in [0.5, 0.6) is 5.75 Å². The molecule has 1 aliphatic rings. The minimum Gasteiger partial charge on any atom is -0.484 e. The zero-order valence-electron chi connectivity index (χ0n) is 14.0. The summed E-state index contributed by atoms with van der Waals surface area (Å²) in [6, 6.07) is 8.78. The summed E-state index contributed by atoms with van der Waals surface area (Å²) >= 11 is 0. The smallest absolute Gasteiger partial charge is 0.258 e. The van der Waals surface area contributed by atoms with Gasteiger partial charge < -0.3 is 15.4 Å². The molecule has 1 aliphatic carbocycles. The number of carbonyl (C=O) groups is 2. The molecule has 1 fully saturated rings. The molecular weight excluding hydrogens is 292 g/mol. The normalized spacial score (nSPS) is 16.5. The van der Waals surface area contributed by atoms with Gasteiger partial charge in [0.05, 0.1) is 0 Å². The third-order valence-electron chi connectivity index (χ3n) is 4.08. The summed E-state index contributed by atoms with van der Waals surface area (Å²) in [6.45, 7) is 5.76. The Morgan fingerprint density at radius 2 is 1.78 bits per heavy atom. The molecular formula is C18H26N2O3. The van der Waals surface area contributed by atoms with Crippen LogP contribution >= 0.6 is 0 Å². The molecule has 0 heterocycles. The molecule has 1 saturated carbocycles. The van der Waals surface area contributed by atoms with E-state index in [1.807, 2.05) is 39.0 Å². The standard InChI is InChI=1S/C18H26N2O3/c1-12(2)17(18(22)19-13(3)14-9-10-14)20-16(21)11-23-15-7-5-4-6-8-15/h4-8,12-14,17H,9-11H2,1-3H3,(H,19,22)(H,20,21). The lowest BCUT2D eigenvalue weighted by Gasteiger charge is -2.24. The second kappa shape index (κ2) is 7.99. The van der Waals surface area contributed by atoms with Crippen LogP contribution in [-0.4, -0.2) is 30.5 Å². The van der Waals surface area contributed by atoms with E-state index >= 15 is 0 Å². The maximum atomic E-state index is 12.4. The van der Waals surface area contributed by atoms with Crippen molar-refractivity contribution in [2.75, 3.05) is 6.61 Å². The zero-order chi connectivity index (χ0) is 16.8. The Bertz CT molecular complexity index is 526. The molecule has 2 rings (SSSR count). The summed E-state index contributed by atoms with van der Waals surface area (Å²) in [5, 5.41) is 5.78. The van der Waals surface area contributed by atoms with Crippen LogP contribution in [0.15, 0.2) is 30.3 Å². The van der Waals surface area contributed by atoms with E-state index in [-0.39, 0.29) is 30.4 Å². The van der Waals surface area contributed by atoms with E-state index in [0.717, 1.165) is 0 Å². The Morgan fingerprint density at radius 1 is 1.13 bits per heavy atom. The molecule has 2 unspecified atom stereocenters. The molecule has 126 valence electrons. The van der Waals surface area contributed by atoms with Crippen molar-refractivity contribution in [3.05, 3.63) is 30.3 Å². The molecule has 0 aromatic heterocycles. The van der Waals surface area contributed by atoms with Gasteiger partial charge in [-0.15, -0.1) is 0 Å². The van der Waals surface area contributed by atoms with Crippen molar-refractivity contribution in [2.45, 2.75) is 45.7 Å². The van der Waals surface area contributed by atoms with E-state index in [9.17, 15) is 9.59 Å². The van der Waals surface area contributed by atoms with E-state index in [4.69, 9.17) is 4.74 Å². The van der Waals surface area contributed by atoms with Gasteiger partial charge in [0.1, 0.15) is 11.8 Å². The van der Waals surface area contributed by atoms with Gasteiger partial charge in [-0.05, 0) is 43.7 Å². The van der Waals surface area contributed by atoms with Crippen LogP contribution in [0.25, 0.3) is 0 Å². The molecule has 5 heteroatoms. The van der Waals surface area contributed by atoms with E-state index in [0.29, 0.717) is 11.7 Å². The SMILES string of the molecule is CC(C)C(NC(=O)COc1ccccc1)C(=O)NC(C)C1CC1. The van der Waals surface area contributed by atoms with E-state index in [2.05, 4.69) is 10.6 Å². The van der Waals surface area contributed by atoms with Crippen LogP contribution in [-0.2, 0) is 9.59 Å². The van der Waals surface area contributed by atoms with Gasteiger partial charge in [0, 0.05) is 6.04 Å². The summed E-state index contributed by atoms with van der Waals surface area (Å²) < 4.78 is 5.41. The van der Waals surface area contributed by atoms with Gasteiger partial charge in [-0.3, -0.25) is 9.59 Å². The van der Waals surface area contributed by atoms with Crippen molar-refractivity contribution in [2.24, 2.45) is 11.8 Å². The highest BCUT2D eigenvalue weighted by molar-refractivity contribution is 5.88. The average molecular weight is 318 g/mol. The summed E-state index contributed by atoms with van der Waals surface area (Å²) in [6.07, 6.45) is 2.34. The van der Waals surface area contributed by atoms with Crippen LogP contribution in [0.3, 0.4) is 0 Å². The number of rotatable bonds is 8. The lowest BCUT2D eigenvalue weighted by atomic mass is 10.0. The molecule has 0 spiro atoms. The first-order chi connectivity index (χ1) is 11.0. The third kappa shape index (κ3) is 5.58. The van der Waals surface area contributed by atoms with Gasteiger partial charge in [0.25, 0.3) is 5.91 Å². The Hall–Kier alpha value is -2.04. The topological polar surface area (TPSA) is 67.4 Å². The quantitative estimate of drug-likeness (QED) is 0.771. The van der Waals surface area contributed by atoms with E-state index in [1.165, 1.54) is 12.8 Å². The number of hydrogen-bond acceptors (Lipinski definition) is 3. The number of ether oxygens (including phenoxy) is 1. The molecule has 0 aliphatic heterocycles. The van der Waals surface area contributed by atoms with Crippen molar-refractivity contribution in [3.63, 3.8) is 0 Å². The van der Waals surface area contributed by atoms with Crippen molar-refractivity contribution in [1.82, 2.24) is 10.6 Å². The third-order valence-corrected chi connectivity index (χ3v) is 4.08. The molecule has 2 amide bonds. The Labute approximate surface area is 137 Å². The largest absolute Gasteiger partial charge is 0.484 e. The van der Waals surface area contributed by atoms with Crippen molar-refractivity contribution < 1.29 is 14.3 Å². The van der Waals surface area contributed by atoms with Gasteiger partial charge in [0.15, 0.2) is 6.61 Å². The van der Waals surface area contributed by atoms with Crippen LogP contribution < -0.4 is 15.4 Å². The summed E-state index contributed by atoms with van der Waals surface area (Å²) in [7, 11) is 0. The van der Waals surface area contributed by atoms with Gasteiger partial charge in [-0.25, -0.2) is 0 Å². The highest BCUT2D eigenvalue weighted by atomic mass is 16.5.